The number of carbonyl (C=O) groups is 2. The van der Waals surface area contributed by atoms with Crippen LogP contribution in [0.4, 0.5) is 0 Å². The molecular weight excluding hydrogens is 206 g/mol. The van der Waals surface area contributed by atoms with Crippen LogP contribution in [0.3, 0.4) is 0 Å². The number of hydrogen-bond donors (Lipinski definition) is 2. The van der Waals surface area contributed by atoms with Gasteiger partial charge >= 0.3 is 0 Å². The van der Waals surface area contributed by atoms with Crippen LogP contribution in [0.1, 0.15) is 44.9 Å². The Kier molecular flexibility index (Phi) is 5.85. The van der Waals surface area contributed by atoms with E-state index in [1.165, 1.54) is 0 Å². The molecule has 5 heteroatoms. The van der Waals surface area contributed by atoms with E-state index >= 15 is 0 Å². The fourth-order valence-corrected chi connectivity index (χ4v) is 1.94. The van der Waals surface area contributed by atoms with Crippen LogP contribution in [0, 0.1) is 0 Å². The Morgan fingerprint density at radius 1 is 1.31 bits per heavy atom. The molecule has 0 bridgehead atoms. The predicted molar refractivity (Wildman–Crippen MR) is 61.2 cm³/mol. The van der Waals surface area contributed by atoms with Gasteiger partial charge in [0.2, 0.25) is 11.8 Å². The Morgan fingerprint density at radius 2 is 2.12 bits per heavy atom. The molecule has 1 heterocycles. The summed E-state index contributed by atoms with van der Waals surface area (Å²) in [4.78, 5) is 24.2. The van der Waals surface area contributed by atoms with Crippen LogP contribution < -0.4 is 11.3 Å². The highest BCUT2D eigenvalue weighted by molar-refractivity contribution is 5.76. The molecule has 0 aromatic rings. The number of piperidine rings is 1. The molecule has 0 saturated carbocycles. The molecule has 1 saturated heterocycles. The smallest absolute Gasteiger partial charge is 0.233 e. The lowest BCUT2D eigenvalue weighted by atomic mass is 10.1. The number of hydrogen-bond acceptors (Lipinski definition) is 3. The van der Waals surface area contributed by atoms with Gasteiger partial charge in [-0.15, -0.1) is 0 Å². The molecular formula is C11H21N3O2. The van der Waals surface area contributed by atoms with E-state index in [2.05, 4.69) is 5.43 Å². The molecule has 0 aromatic heterocycles. The maximum absolute atomic E-state index is 11.5. The van der Waals surface area contributed by atoms with E-state index in [9.17, 15) is 9.59 Å². The van der Waals surface area contributed by atoms with Crippen molar-refractivity contribution in [3.05, 3.63) is 0 Å². The Morgan fingerprint density at radius 3 is 2.81 bits per heavy atom. The molecule has 5 nitrogen and oxygen atoms in total. The quantitative estimate of drug-likeness (QED) is 0.301. The molecule has 1 rings (SSSR count). The summed E-state index contributed by atoms with van der Waals surface area (Å²) >= 11 is 0. The Bertz CT molecular complexity index is 243. The van der Waals surface area contributed by atoms with Crippen molar-refractivity contribution in [1.29, 1.82) is 0 Å². The molecule has 1 aliphatic heterocycles. The van der Waals surface area contributed by atoms with E-state index in [1.807, 2.05) is 4.90 Å². The summed E-state index contributed by atoms with van der Waals surface area (Å²) in [6.45, 7) is 1.74. The number of nitrogens with two attached hydrogens (primary N) is 1. The van der Waals surface area contributed by atoms with E-state index in [-0.39, 0.29) is 11.8 Å². The summed E-state index contributed by atoms with van der Waals surface area (Å²) < 4.78 is 0. The van der Waals surface area contributed by atoms with Gasteiger partial charge in [-0.05, 0) is 25.7 Å². The fraction of sp³-hybridized carbons (Fsp3) is 0.818. The number of nitrogens with zero attached hydrogens (tertiary/aromatic N) is 1. The van der Waals surface area contributed by atoms with E-state index in [4.69, 9.17) is 5.84 Å². The maximum atomic E-state index is 11.5. The van der Waals surface area contributed by atoms with Gasteiger partial charge in [-0.2, -0.15) is 0 Å². The topological polar surface area (TPSA) is 75.4 Å². The number of likely N-dealkylation sites (tertiary alicyclic amines) is 1. The number of nitrogens with one attached hydrogen (secondary N) is 1. The standard InChI is InChI=1S/C11H21N3O2/c12-13-10(15)6-2-1-4-8-14-9-5-3-7-11(14)16/h1-9,12H2,(H,13,15). The molecule has 0 spiro atoms. The Balaban J connectivity index is 2.02. The first-order chi connectivity index (χ1) is 7.74. The minimum Gasteiger partial charge on any atom is -0.343 e. The second-order valence-electron chi connectivity index (χ2n) is 4.22. The van der Waals surface area contributed by atoms with Crippen molar-refractivity contribution in [3.8, 4) is 0 Å². The summed E-state index contributed by atoms with van der Waals surface area (Å²) in [6.07, 6.45) is 6.12. The van der Waals surface area contributed by atoms with Crippen molar-refractivity contribution < 1.29 is 9.59 Å². The number of amides is 2. The summed E-state index contributed by atoms with van der Waals surface area (Å²) in [5.74, 6) is 5.14. The van der Waals surface area contributed by atoms with Gasteiger partial charge in [0.05, 0.1) is 0 Å². The lowest BCUT2D eigenvalue weighted by Crippen LogP contribution is -2.35. The molecule has 0 aromatic carbocycles. The molecule has 1 fully saturated rings. The monoisotopic (exact) mass is 227 g/mol. The highest BCUT2D eigenvalue weighted by Crippen LogP contribution is 2.11. The second kappa shape index (κ2) is 7.22. The van der Waals surface area contributed by atoms with Crippen molar-refractivity contribution in [1.82, 2.24) is 10.3 Å². The van der Waals surface area contributed by atoms with Crippen LogP contribution in [0.5, 0.6) is 0 Å². The molecule has 16 heavy (non-hydrogen) atoms. The van der Waals surface area contributed by atoms with Gasteiger partial charge in [0.25, 0.3) is 0 Å². The van der Waals surface area contributed by atoms with Crippen LogP contribution in [-0.2, 0) is 9.59 Å². The molecule has 0 atom stereocenters. The summed E-state index contributed by atoms with van der Waals surface area (Å²) in [7, 11) is 0. The van der Waals surface area contributed by atoms with Gasteiger partial charge in [0, 0.05) is 25.9 Å². The van der Waals surface area contributed by atoms with E-state index in [0.717, 1.165) is 45.2 Å². The number of rotatable bonds is 6. The average molecular weight is 227 g/mol. The van der Waals surface area contributed by atoms with Gasteiger partial charge in [-0.3, -0.25) is 15.0 Å². The zero-order valence-corrected chi connectivity index (χ0v) is 9.71. The summed E-state index contributed by atoms with van der Waals surface area (Å²) in [6, 6.07) is 0. The molecule has 0 unspecified atom stereocenters. The van der Waals surface area contributed by atoms with Crippen LogP contribution in [-0.4, -0.2) is 29.8 Å². The largest absolute Gasteiger partial charge is 0.343 e. The fourth-order valence-electron chi connectivity index (χ4n) is 1.94. The lowest BCUT2D eigenvalue weighted by Gasteiger charge is -2.26. The number of carbonyl (C=O) groups excluding carboxylic acids is 2. The van der Waals surface area contributed by atoms with E-state index in [1.54, 1.807) is 0 Å². The predicted octanol–water partition coefficient (Wildman–Crippen LogP) is 0.549. The third-order valence-corrected chi connectivity index (χ3v) is 2.91. The van der Waals surface area contributed by atoms with Crippen molar-refractivity contribution in [2.24, 2.45) is 5.84 Å². The van der Waals surface area contributed by atoms with Gasteiger partial charge in [-0.25, -0.2) is 5.84 Å². The van der Waals surface area contributed by atoms with Crippen LogP contribution in [0.2, 0.25) is 0 Å². The molecule has 0 radical (unpaired) electrons. The van der Waals surface area contributed by atoms with Crippen molar-refractivity contribution in [3.63, 3.8) is 0 Å². The van der Waals surface area contributed by atoms with Crippen molar-refractivity contribution in [2.75, 3.05) is 13.1 Å². The second-order valence-corrected chi connectivity index (χ2v) is 4.22. The van der Waals surface area contributed by atoms with Crippen molar-refractivity contribution in [2.45, 2.75) is 44.9 Å². The number of hydrazine groups is 1. The zero-order valence-electron chi connectivity index (χ0n) is 9.71. The minimum atomic E-state index is -0.117. The first kappa shape index (κ1) is 13.0. The minimum absolute atomic E-state index is 0.117. The highest BCUT2D eigenvalue weighted by atomic mass is 16.2. The SMILES string of the molecule is NNC(=O)CCCCCN1CCCCC1=O. The summed E-state index contributed by atoms with van der Waals surface area (Å²) in [5.41, 5.74) is 2.11. The Labute approximate surface area is 96.3 Å². The number of unbranched alkanes of at least 4 members (excludes halogenated alkanes) is 2. The van der Waals surface area contributed by atoms with Gasteiger partial charge in [-0.1, -0.05) is 6.42 Å². The van der Waals surface area contributed by atoms with E-state index < -0.39 is 0 Å². The normalized spacial score (nSPS) is 16.3. The molecule has 0 aliphatic carbocycles. The summed E-state index contributed by atoms with van der Waals surface area (Å²) in [5, 5.41) is 0. The van der Waals surface area contributed by atoms with Gasteiger partial charge in [0.15, 0.2) is 0 Å². The van der Waals surface area contributed by atoms with Crippen molar-refractivity contribution >= 4 is 11.8 Å². The molecule has 2 amide bonds. The third kappa shape index (κ3) is 4.61. The van der Waals surface area contributed by atoms with Crippen LogP contribution >= 0.6 is 0 Å². The molecule has 3 N–H and O–H groups in total. The molecule has 1 aliphatic rings. The zero-order chi connectivity index (χ0) is 11.8. The maximum Gasteiger partial charge on any atom is 0.233 e. The van der Waals surface area contributed by atoms with E-state index in [0.29, 0.717) is 12.8 Å². The highest BCUT2D eigenvalue weighted by Gasteiger charge is 2.16. The van der Waals surface area contributed by atoms with Gasteiger partial charge < -0.3 is 4.90 Å². The van der Waals surface area contributed by atoms with Gasteiger partial charge in [0.1, 0.15) is 0 Å². The lowest BCUT2D eigenvalue weighted by molar-refractivity contribution is -0.133. The first-order valence-corrected chi connectivity index (χ1v) is 6.01. The van der Waals surface area contributed by atoms with Crippen LogP contribution in [0.25, 0.3) is 0 Å². The first-order valence-electron chi connectivity index (χ1n) is 6.01. The third-order valence-electron chi connectivity index (χ3n) is 2.91. The molecule has 92 valence electrons. The Hall–Kier alpha value is -1.10. The average Bonchev–Trinajstić information content (AvgIpc) is 2.30. The van der Waals surface area contributed by atoms with Crippen LogP contribution in [0.15, 0.2) is 0 Å².